The van der Waals surface area contributed by atoms with Crippen LogP contribution in [0.4, 0.5) is 0 Å². The molecular formula is C17H33N3O3. The van der Waals surface area contributed by atoms with Crippen molar-refractivity contribution in [2.24, 2.45) is 10.9 Å². The van der Waals surface area contributed by atoms with E-state index in [2.05, 4.69) is 15.2 Å². The van der Waals surface area contributed by atoms with Crippen molar-refractivity contribution in [1.29, 1.82) is 0 Å². The predicted molar refractivity (Wildman–Crippen MR) is 91.9 cm³/mol. The average Bonchev–Trinajstić information content (AvgIpc) is 3.40. The van der Waals surface area contributed by atoms with E-state index in [0.717, 1.165) is 77.3 Å². The van der Waals surface area contributed by atoms with Gasteiger partial charge in [-0.2, -0.15) is 0 Å². The Labute approximate surface area is 140 Å². The SMILES string of the molecule is CN=C(NCCCOC1CCOCC1)N(C)CCOCC1CC1. The lowest BCUT2D eigenvalue weighted by Crippen LogP contribution is -2.41. The molecule has 1 heterocycles. The first-order valence-corrected chi connectivity index (χ1v) is 8.98. The van der Waals surface area contributed by atoms with Gasteiger partial charge in [-0.1, -0.05) is 0 Å². The van der Waals surface area contributed by atoms with E-state index in [-0.39, 0.29) is 0 Å². The molecule has 0 aromatic heterocycles. The maximum Gasteiger partial charge on any atom is 0.193 e. The Morgan fingerprint density at radius 3 is 2.70 bits per heavy atom. The summed E-state index contributed by atoms with van der Waals surface area (Å²) in [5, 5.41) is 3.38. The first kappa shape index (κ1) is 18.5. The van der Waals surface area contributed by atoms with E-state index in [1.165, 1.54) is 12.8 Å². The van der Waals surface area contributed by atoms with Gasteiger partial charge in [-0.3, -0.25) is 4.99 Å². The zero-order valence-electron chi connectivity index (χ0n) is 14.8. The minimum atomic E-state index is 0.384. The summed E-state index contributed by atoms with van der Waals surface area (Å²) in [6, 6.07) is 0. The highest BCUT2D eigenvalue weighted by molar-refractivity contribution is 5.79. The third kappa shape index (κ3) is 7.99. The Morgan fingerprint density at radius 2 is 2.00 bits per heavy atom. The van der Waals surface area contributed by atoms with Crippen molar-refractivity contribution in [3.8, 4) is 0 Å². The van der Waals surface area contributed by atoms with Crippen LogP contribution in [-0.2, 0) is 14.2 Å². The fourth-order valence-corrected chi connectivity index (χ4v) is 2.59. The molecule has 0 spiro atoms. The molecule has 1 saturated heterocycles. The van der Waals surface area contributed by atoms with Gasteiger partial charge in [0, 0.05) is 53.6 Å². The van der Waals surface area contributed by atoms with E-state index in [0.29, 0.717) is 6.10 Å². The molecule has 0 amide bonds. The fraction of sp³-hybridized carbons (Fsp3) is 0.941. The molecule has 23 heavy (non-hydrogen) atoms. The van der Waals surface area contributed by atoms with E-state index < -0.39 is 0 Å². The van der Waals surface area contributed by atoms with Crippen molar-refractivity contribution in [3.05, 3.63) is 0 Å². The van der Waals surface area contributed by atoms with E-state index in [9.17, 15) is 0 Å². The Balaban J connectivity index is 1.47. The maximum atomic E-state index is 5.87. The monoisotopic (exact) mass is 327 g/mol. The Bertz CT molecular complexity index is 342. The molecule has 6 heteroatoms. The highest BCUT2D eigenvalue weighted by Gasteiger charge is 2.21. The Kier molecular flexibility index (Phi) is 8.71. The van der Waals surface area contributed by atoms with Crippen molar-refractivity contribution in [2.75, 3.05) is 60.2 Å². The van der Waals surface area contributed by atoms with Crippen LogP contribution in [0.15, 0.2) is 4.99 Å². The molecule has 1 aliphatic carbocycles. The van der Waals surface area contributed by atoms with Gasteiger partial charge in [-0.25, -0.2) is 0 Å². The summed E-state index contributed by atoms with van der Waals surface area (Å²) in [5.41, 5.74) is 0. The van der Waals surface area contributed by atoms with Gasteiger partial charge in [0.15, 0.2) is 5.96 Å². The summed E-state index contributed by atoms with van der Waals surface area (Å²) in [5.74, 6) is 1.75. The molecule has 0 unspecified atom stereocenters. The van der Waals surface area contributed by atoms with Gasteiger partial charge in [0.25, 0.3) is 0 Å². The first-order chi connectivity index (χ1) is 11.3. The maximum absolute atomic E-state index is 5.87. The van der Waals surface area contributed by atoms with Gasteiger partial charge >= 0.3 is 0 Å². The van der Waals surface area contributed by atoms with Crippen LogP contribution in [0.5, 0.6) is 0 Å². The van der Waals surface area contributed by atoms with Gasteiger partial charge in [-0.05, 0) is 38.0 Å². The fourth-order valence-electron chi connectivity index (χ4n) is 2.59. The molecule has 2 aliphatic rings. The number of nitrogens with zero attached hydrogens (tertiary/aromatic N) is 2. The third-order valence-electron chi connectivity index (χ3n) is 4.32. The van der Waals surface area contributed by atoms with Crippen LogP contribution in [-0.4, -0.2) is 77.2 Å². The number of rotatable bonds is 10. The van der Waals surface area contributed by atoms with Gasteiger partial charge in [0.1, 0.15) is 0 Å². The summed E-state index contributed by atoms with van der Waals surface area (Å²) in [4.78, 5) is 6.44. The quantitative estimate of drug-likeness (QED) is 0.374. The van der Waals surface area contributed by atoms with E-state index >= 15 is 0 Å². The van der Waals surface area contributed by atoms with Gasteiger partial charge < -0.3 is 24.4 Å². The van der Waals surface area contributed by atoms with Crippen molar-refractivity contribution in [2.45, 2.75) is 38.2 Å². The third-order valence-corrected chi connectivity index (χ3v) is 4.32. The van der Waals surface area contributed by atoms with Crippen LogP contribution in [0.25, 0.3) is 0 Å². The number of nitrogens with one attached hydrogen (secondary N) is 1. The number of likely N-dealkylation sites (N-methyl/N-ethyl adjacent to an activating group) is 1. The zero-order valence-corrected chi connectivity index (χ0v) is 14.8. The molecule has 0 bridgehead atoms. The molecule has 1 aliphatic heterocycles. The number of guanidine groups is 1. The van der Waals surface area contributed by atoms with Crippen LogP contribution in [0.3, 0.4) is 0 Å². The molecule has 2 fully saturated rings. The minimum absolute atomic E-state index is 0.384. The molecular weight excluding hydrogens is 294 g/mol. The van der Waals surface area contributed by atoms with E-state index in [1.54, 1.807) is 0 Å². The van der Waals surface area contributed by atoms with Crippen LogP contribution in [0.2, 0.25) is 0 Å². The number of hydrogen-bond donors (Lipinski definition) is 1. The Hall–Kier alpha value is -0.850. The largest absolute Gasteiger partial charge is 0.381 e. The topological polar surface area (TPSA) is 55.3 Å². The lowest BCUT2D eigenvalue weighted by molar-refractivity contribution is -0.0320. The molecule has 0 aromatic carbocycles. The second kappa shape index (κ2) is 10.8. The predicted octanol–water partition coefficient (Wildman–Crippen LogP) is 1.51. The standard InChI is InChI=1S/C17H33N3O3/c1-18-17(20(2)9-13-22-14-15-4-5-15)19-8-3-10-23-16-6-11-21-12-7-16/h15-16H,3-14H2,1-2H3,(H,18,19). The summed E-state index contributed by atoms with van der Waals surface area (Å²) in [6.07, 6.45) is 6.11. The summed E-state index contributed by atoms with van der Waals surface area (Å²) in [6.45, 7) is 5.90. The summed E-state index contributed by atoms with van der Waals surface area (Å²) < 4.78 is 16.9. The normalized spacial score (nSPS) is 19.8. The van der Waals surface area contributed by atoms with Crippen molar-refractivity contribution in [1.82, 2.24) is 10.2 Å². The van der Waals surface area contributed by atoms with E-state index in [4.69, 9.17) is 14.2 Å². The number of ether oxygens (including phenoxy) is 3. The summed E-state index contributed by atoms with van der Waals surface area (Å²) in [7, 11) is 3.87. The molecule has 0 aromatic rings. The van der Waals surface area contributed by atoms with E-state index in [1.807, 2.05) is 14.1 Å². The van der Waals surface area contributed by atoms with Gasteiger partial charge in [0.05, 0.1) is 12.7 Å². The second-order valence-electron chi connectivity index (χ2n) is 6.45. The van der Waals surface area contributed by atoms with Gasteiger partial charge in [0.2, 0.25) is 0 Å². The van der Waals surface area contributed by atoms with Crippen molar-refractivity contribution >= 4 is 5.96 Å². The lowest BCUT2D eigenvalue weighted by atomic mass is 10.1. The highest BCUT2D eigenvalue weighted by Crippen LogP contribution is 2.28. The zero-order chi connectivity index (χ0) is 16.3. The number of hydrogen-bond acceptors (Lipinski definition) is 4. The van der Waals surface area contributed by atoms with Crippen LogP contribution in [0.1, 0.15) is 32.1 Å². The minimum Gasteiger partial charge on any atom is -0.381 e. The first-order valence-electron chi connectivity index (χ1n) is 8.98. The van der Waals surface area contributed by atoms with Crippen LogP contribution >= 0.6 is 0 Å². The number of aliphatic imine (C=N–C) groups is 1. The average molecular weight is 327 g/mol. The highest BCUT2D eigenvalue weighted by atomic mass is 16.5. The van der Waals surface area contributed by atoms with Crippen LogP contribution < -0.4 is 5.32 Å². The second-order valence-corrected chi connectivity index (χ2v) is 6.45. The van der Waals surface area contributed by atoms with Crippen molar-refractivity contribution < 1.29 is 14.2 Å². The smallest absolute Gasteiger partial charge is 0.193 e. The Morgan fingerprint density at radius 1 is 1.22 bits per heavy atom. The molecule has 1 saturated carbocycles. The molecule has 1 N–H and O–H groups in total. The molecule has 2 rings (SSSR count). The van der Waals surface area contributed by atoms with Crippen LogP contribution in [0, 0.1) is 5.92 Å². The molecule has 0 atom stereocenters. The summed E-state index contributed by atoms with van der Waals surface area (Å²) >= 11 is 0. The molecule has 6 nitrogen and oxygen atoms in total. The van der Waals surface area contributed by atoms with Gasteiger partial charge in [-0.15, -0.1) is 0 Å². The molecule has 134 valence electrons. The van der Waals surface area contributed by atoms with Crippen molar-refractivity contribution in [3.63, 3.8) is 0 Å². The lowest BCUT2D eigenvalue weighted by Gasteiger charge is -2.23. The molecule has 0 radical (unpaired) electrons.